The van der Waals surface area contributed by atoms with Gasteiger partial charge < -0.3 is 4.90 Å². The SMILES string of the molecule is CN(C)CCSc1ncncc1I. The quantitative estimate of drug-likeness (QED) is 0.481. The van der Waals surface area contributed by atoms with Gasteiger partial charge in [0.2, 0.25) is 0 Å². The topological polar surface area (TPSA) is 29.0 Å². The highest BCUT2D eigenvalue weighted by Gasteiger charge is 2.00. The molecule has 0 fully saturated rings. The Morgan fingerprint density at radius 1 is 1.54 bits per heavy atom. The Hall–Kier alpha value is 0.120. The third-order valence-corrected chi connectivity index (χ3v) is 3.55. The molecule has 0 bridgehead atoms. The van der Waals surface area contributed by atoms with Gasteiger partial charge in [0, 0.05) is 18.5 Å². The minimum absolute atomic E-state index is 1.07. The molecule has 0 aliphatic rings. The summed E-state index contributed by atoms with van der Waals surface area (Å²) < 4.78 is 1.13. The Bertz CT molecular complexity index is 267. The summed E-state index contributed by atoms with van der Waals surface area (Å²) >= 11 is 4.03. The summed E-state index contributed by atoms with van der Waals surface area (Å²) in [5, 5.41) is 1.08. The molecule has 13 heavy (non-hydrogen) atoms. The second kappa shape index (κ2) is 5.77. The summed E-state index contributed by atoms with van der Waals surface area (Å²) in [5.41, 5.74) is 0. The van der Waals surface area contributed by atoms with Crippen LogP contribution >= 0.6 is 34.4 Å². The maximum Gasteiger partial charge on any atom is 0.116 e. The number of nitrogens with zero attached hydrogens (tertiary/aromatic N) is 3. The third-order valence-electron chi connectivity index (χ3n) is 1.41. The van der Waals surface area contributed by atoms with Crippen LogP contribution < -0.4 is 0 Å². The number of hydrogen-bond acceptors (Lipinski definition) is 4. The van der Waals surface area contributed by atoms with Gasteiger partial charge in [-0.3, -0.25) is 0 Å². The molecule has 1 heterocycles. The molecule has 0 saturated heterocycles. The molecule has 1 aromatic heterocycles. The lowest BCUT2D eigenvalue weighted by Crippen LogP contribution is -2.14. The van der Waals surface area contributed by atoms with Crippen molar-refractivity contribution in [1.29, 1.82) is 0 Å². The average molecular weight is 309 g/mol. The summed E-state index contributed by atoms with van der Waals surface area (Å²) in [6, 6.07) is 0. The average Bonchev–Trinajstić information content (AvgIpc) is 2.08. The van der Waals surface area contributed by atoms with E-state index in [1.165, 1.54) is 0 Å². The van der Waals surface area contributed by atoms with Crippen LogP contribution in [0.2, 0.25) is 0 Å². The first-order valence-electron chi connectivity index (χ1n) is 3.93. The highest BCUT2D eigenvalue weighted by molar-refractivity contribution is 14.1. The number of aromatic nitrogens is 2. The molecule has 0 amide bonds. The minimum Gasteiger partial charge on any atom is -0.309 e. The molecule has 5 heteroatoms. The van der Waals surface area contributed by atoms with Crippen LogP contribution in [0.3, 0.4) is 0 Å². The predicted molar refractivity (Wildman–Crippen MR) is 64.0 cm³/mol. The van der Waals surface area contributed by atoms with Crippen molar-refractivity contribution in [3.8, 4) is 0 Å². The summed E-state index contributed by atoms with van der Waals surface area (Å²) in [6.07, 6.45) is 3.44. The van der Waals surface area contributed by atoms with Gasteiger partial charge in [0.25, 0.3) is 0 Å². The Labute approximate surface area is 96.5 Å². The van der Waals surface area contributed by atoms with E-state index in [2.05, 4.69) is 51.6 Å². The number of hydrogen-bond donors (Lipinski definition) is 0. The van der Waals surface area contributed by atoms with Gasteiger partial charge >= 0.3 is 0 Å². The summed E-state index contributed by atoms with van der Waals surface area (Å²) in [7, 11) is 4.15. The first kappa shape index (κ1) is 11.2. The Balaban J connectivity index is 2.41. The van der Waals surface area contributed by atoms with Crippen LogP contribution in [0.4, 0.5) is 0 Å². The summed E-state index contributed by atoms with van der Waals surface area (Å²) in [4.78, 5) is 10.3. The van der Waals surface area contributed by atoms with Crippen molar-refractivity contribution in [2.75, 3.05) is 26.4 Å². The molecule has 0 aliphatic heterocycles. The van der Waals surface area contributed by atoms with E-state index >= 15 is 0 Å². The summed E-state index contributed by atoms with van der Waals surface area (Å²) in [6.45, 7) is 1.07. The van der Waals surface area contributed by atoms with Crippen LogP contribution in [0.15, 0.2) is 17.6 Å². The molecule has 1 rings (SSSR count). The lowest BCUT2D eigenvalue weighted by molar-refractivity contribution is 0.437. The van der Waals surface area contributed by atoms with Crippen LogP contribution in [-0.4, -0.2) is 41.3 Å². The van der Waals surface area contributed by atoms with Crippen molar-refractivity contribution in [2.24, 2.45) is 0 Å². The minimum atomic E-state index is 1.07. The Kier molecular flexibility index (Phi) is 4.97. The number of rotatable bonds is 4. The fourth-order valence-corrected chi connectivity index (χ4v) is 2.46. The lowest BCUT2D eigenvalue weighted by atomic mass is 10.7. The van der Waals surface area contributed by atoms with Crippen molar-refractivity contribution >= 4 is 34.4 Å². The lowest BCUT2D eigenvalue weighted by Gasteiger charge is -2.08. The van der Waals surface area contributed by atoms with Crippen molar-refractivity contribution in [1.82, 2.24) is 14.9 Å². The highest BCUT2D eigenvalue weighted by Crippen LogP contribution is 2.19. The van der Waals surface area contributed by atoms with Gasteiger partial charge in [-0.1, -0.05) is 0 Å². The van der Waals surface area contributed by atoms with Crippen molar-refractivity contribution in [3.63, 3.8) is 0 Å². The second-order valence-corrected chi connectivity index (χ2v) is 5.07. The zero-order chi connectivity index (χ0) is 9.68. The fraction of sp³-hybridized carbons (Fsp3) is 0.500. The first-order valence-corrected chi connectivity index (χ1v) is 5.99. The molecule has 3 nitrogen and oxygen atoms in total. The van der Waals surface area contributed by atoms with Crippen molar-refractivity contribution in [2.45, 2.75) is 5.03 Å². The molecule has 1 aromatic rings. The van der Waals surface area contributed by atoms with Gasteiger partial charge in [-0.2, -0.15) is 0 Å². The van der Waals surface area contributed by atoms with E-state index in [-0.39, 0.29) is 0 Å². The van der Waals surface area contributed by atoms with E-state index < -0.39 is 0 Å². The van der Waals surface area contributed by atoms with E-state index in [4.69, 9.17) is 0 Å². The molecule has 0 unspecified atom stereocenters. The van der Waals surface area contributed by atoms with Gasteiger partial charge in [0.1, 0.15) is 11.4 Å². The molecular weight excluding hydrogens is 297 g/mol. The van der Waals surface area contributed by atoms with Crippen molar-refractivity contribution in [3.05, 3.63) is 16.1 Å². The van der Waals surface area contributed by atoms with Crippen LogP contribution in [0, 0.1) is 3.57 Å². The van der Waals surface area contributed by atoms with Gasteiger partial charge in [0.05, 0.1) is 3.57 Å². The molecule has 0 saturated carbocycles. The van der Waals surface area contributed by atoms with Gasteiger partial charge in [-0.15, -0.1) is 11.8 Å². The fourth-order valence-electron chi connectivity index (χ4n) is 0.733. The van der Waals surface area contributed by atoms with Gasteiger partial charge in [-0.05, 0) is 36.7 Å². The van der Waals surface area contributed by atoms with Crippen LogP contribution in [0.25, 0.3) is 0 Å². The molecular formula is C8H12IN3S. The maximum absolute atomic E-state index is 4.20. The zero-order valence-electron chi connectivity index (χ0n) is 7.70. The Morgan fingerprint density at radius 2 is 2.31 bits per heavy atom. The molecule has 0 atom stereocenters. The predicted octanol–water partition coefficient (Wildman–Crippen LogP) is 1.73. The number of thioether (sulfide) groups is 1. The van der Waals surface area contributed by atoms with Crippen LogP contribution in [-0.2, 0) is 0 Å². The molecule has 0 radical (unpaired) electrons. The Morgan fingerprint density at radius 3 is 2.92 bits per heavy atom. The first-order chi connectivity index (χ1) is 6.20. The molecule has 0 N–H and O–H groups in total. The van der Waals surface area contributed by atoms with Crippen LogP contribution in [0.1, 0.15) is 0 Å². The summed E-state index contributed by atoms with van der Waals surface area (Å²) in [5.74, 6) is 1.07. The molecule has 0 aliphatic carbocycles. The maximum atomic E-state index is 4.20. The normalized spacial score (nSPS) is 10.8. The molecule has 0 aromatic carbocycles. The second-order valence-electron chi connectivity index (χ2n) is 2.83. The smallest absolute Gasteiger partial charge is 0.116 e. The van der Waals surface area contributed by atoms with E-state index in [0.717, 1.165) is 20.9 Å². The van der Waals surface area contributed by atoms with E-state index in [1.54, 1.807) is 18.1 Å². The molecule has 0 spiro atoms. The number of halogens is 1. The van der Waals surface area contributed by atoms with E-state index in [0.29, 0.717) is 0 Å². The van der Waals surface area contributed by atoms with E-state index in [9.17, 15) is 0 Å². The standard InChI is InChI=1S/C8H12IN3S/c1-12(2)3-4-13-8-7(9)5-10-6-11-8/h5-6H,3-4H2,1-2H3. The van der Waals surface area contributed by atoms with Gasteiger partial charge in [-0.25, -0.2) is 9.97 Å². The highest BCUT2D eigenvalue weighted by atomic mass is 127. The van der Waals surface area contributed by atoms with Crippen LogP contribution in [0.5, 0.6) is 0 Å². The van der Waals surface area contributed by atoms with Crippen molar-refractivity contribution < 1.29 is 0 Å². The zero-order valence-corrected chi connectivity index (χ0v) is 10.7. The van der Waals surface area contributed by atoms with E-state index in [1.807, 2.05) is 6.20 Å². The largest absolute Gasteiger partial charge is 0.309 e. The van der Waals surface area contributed by atoms with Gasteiger partial charge in [0.15, 0.2) is 0 Å². The third kappa shape index (κ3) is 4.24. The molecule has 72 valence electrons. The monoisotopic (exact) mass is 309 g/mol.